The van der Waals surface area contributed by atoms with Crippen molar-refractivity contribution in [3.63, 3.8) is 0 Å². The maximum Gasteiger partial charge on any atom is 0.230 e. The second-order valence-electron chi connectivity index (χ2n) is 5.04. The van der Waals surface area contributed by atoms with Crippen molar-refractivity contribution in [3.8, 4) is 0 Å². The minimum absolute atomic E-state index is 0.00678. The van der Waals surface area contributed by atoms with Gasteiger partial charge in [0.25, 0.3) is 0 Å². The molecule has 1 N–H and O–H groups in total. The number of amides is 1. The van der Waals surface area contributed by atoms with Crippen LogP contribution in [-0.2, 0) is 4.79 Å². The van der Waals surface area contributed by atoms with Gasteiger partial charge in [0, 0.05) is 6.92 Å². The number of hydrogen-bond donors (Lipinski definition) is 1. The Morgan fingerprint density at radius 3 is 1.92 bits per heavy atom. The van der Waals surface area contributed by atoms with Crippen LogP contribution in [0.5, 0.6) is 0 Å². The number of rotatable bonds is 2. The molecule has 13 heavy (non-hydrogen) atoms. The number of carbonyl (C=O) groups is 1. The first-order chi connectivity index (χ1) is 5.59. The molecule has 4 heteroatoms. The summed E-state index contributed by atoms with van der Waals surface area (Å²) in [6.45, 7) is 12.7. The van der Waals surface area contributed by atoms with Crippen molar-refractivity contribution in [1.82, 2.24) is 10.1 Å². The summed E-state index contributed by atoms with van der Waals surface area (Å²) in [5.74, 6) is 0.00678. The van der Waals surface area contributed by atoms with Gasteiger partial charge >= 0.3 is 0 Å². The summed E-state index contributed by atoms with van der Waals surface area (Å²) in [6, 6.07) is 0. The standard InChI is InChI=1S/C9H22N2OSi/c1-8(12)10-11(5)13(6,7)9(2,3)4/h1-7H3,(H,10,12). The van der Waals surface area contributed by atoms with Crippen molar-refractivity contribution in [2.75, 3.05) is 7.05 Å². The van der Waals surface area contributed by atoms with Crippen LogP contribution >= 0.6 is 0 Å². The first kappa shape index (κ1) is 12.6. The molecule has 3 nitrogen and oxygen atoms in total. The summed E-state index contributed by atoms with van der Waals surface area (Å²) in [6.07, 6.45) is 0. The quantitative estimate of drug-likeness (QED) is 0.548. The molecule has 0 aromatic heterocycles. The van der Waals surface area contributed by atoms with Crippen molar-refractivity contribution in [2.24, 2.45) is 0 Å². The van der Waals surface area contributed by atoms with Gasteiger partial charge in [-0.15, -0.1) is 0 Å². The Morgan fingerprint density at radius 2 is 1.69 bits per heavy atom. The van der Waals surface area contributed by atoms with E-state index in [4.69, 9.17) is 0 Å². The molecule has 0 radical (unpaired) electrons. The van der Waals surface area contributed by atoms with Crippen molar-refractivity contribution in [2.45, 2.75) is 45.8 Å². The van der Waals surface area contributed by atoms with Crippen LogP contribution in [0, 0.1) is 0 Å². The lowest BCUT2D eigenvalue weighted by molar-refractivity contribution is -0.121. The molecule has 0 heterocycles. The predicted molar refractivity (Wildman–Crippen MR) is 58.8 cm³/mol. The van der Waals surface area contributed by atoms with Gasteiger partial charge < -0.3 is 0 Å². The molecule has 0 atom stereocenters. The second kappa shape index (κ2) is 3.80. The molecule has 0 aromatic carbocycles. The van der Waals surface area contributed by atoms with Gasteiger partial charge in [-0.1, -0.05) is 33.9 Å². The van der Waals surface area contributed by atoms with Crippen LogP contribution in [0.25, 0.3) is 0 Å². The molecular formula is C9H22N2OSi. The number of nitrogens with one attached hydrogen (secondary N) is 1. The van der Waals surface area contributed by atoms with Crippen molar-refractivity contribution in [3.05, 3.63) is 0 Å². The topological polar surface area (TPSA) is 32.3 Å². The maximum atomic E-state index is 10.9. The van der Waals surface area contributed by atoms with Gasteiger partial charge in [0.2, 0.25) is 5.91 Å². The molecule has 0 aliphatic carbocycles. The first-order valence-corrected chi connectivity index (χ1v) is 7.55. The zero-order chi connectivity index (χ0) is 10.9. The summed E-state index contributed by atoms with van der Waals surface area (Å²) in [5.41, 5.74) is 2.85. The van der Waals surface area contributed by atoms with E-state index in [1.54, 1.807) is 6.92 Å². The van der Waals surface area contributed by atoms with Gasteiger partial charge in [0.1, 0.15) is 0 Å². The van der Waals surface area contributed by atoms with E-state index in [1.165, 1.54) is 0 Å². The monoisotopic (exact) mass is 202 g/mol. The molecule has 1 amide bonds. The van der Waals surface area contributed by atoms with Gasteiger partial charge in [-0.3, -0.25) is 10.2 Å². The van der Waals surface area contributed by atoms with Gasteiger partial charge in [-0.2, -0.15) is 0 Å². The molecule has 0 fully saturated rings. The van der Waals surface area contributed by atoms with Gasteiger partial charge in [0.15, 0.2) is 8.24 Å². The molecule has 0 aliphatic rings. The van der Waals surface area contributed by atoms with E-state index in [9.17, 15) is 4.79 Å². The van der Waals surface area contributed by atoms with Gasteiger partial charge in [0.05, 0.1) is 0 Å². The normalized spacial score (nSPS) is 13.2. The van der Waals surface area contributed by atoms with Gasteiger partial charge in [-0.25, -0.2) is 4.67 Å². The van der Waals surface area contributed by atoms with E-state index in [0.717, 1.165) is 0 Å². The lowest BCUT2D eigenvalue weighted by Crippen LogP contribution is -2.59. The SMILES string of the molecule is CC(=O)NN(C)[Si](C)(C)C(C)(C)C. The molecule has 0 rings (SSSR count). The average Bonchev–Trinajstić information content (AvgIpc) is 1.82. The number of hydrazine groups is 1. The zero-order valence-corrected chi connectivity index (χ0v) is 10.9. The molecular weight excluding hydrogens is 180 g/mol. The third kappa shape index (κ3) is 3.12. The minimum Gasteiger partial charge on any atom is -0.296 e. The second-order valence-corrected chi connectivity index (χ2v) is 10.3. The zero-order valence-electron chi connectivity index (χ0n) is 9.86. The van der Waals surface area contributed by atoms with E-state index < -0.39 is 8.24 Å². The fraction of sp³-hybridized carbons (Fsp3) is 0.889. The number of hydrogen-bond acceptors (Lipinski definition) is 2. The van der Waals surface area contributed by atoms with Crippen LogP contribution in [-0.4, -0.2) is 25.9 Å². The average molecular weight is 202 g/mol. The first-order valence-electron chi connectivity index (χ1n) is 4.60. The Hall–Kier alpha value is -0.353. The van der Waals surface area contributed by atoms with E-state index in [-0.39, 0.29) is 10.9 Å². The van der Waals surface area contributed by atoms with Crippen molar-refractivity contribution in [1.29, 1.82) is 0 Å². The van der Waals surface area contributed by atoms with Crippen molar-refractivity contribution < 1.29 is 4.79 Å². The van der Waals surface area contributed by atoms with Crippen LogP contribution in [0.2, 0.25) is 18.1 Å². The highest BCUT2D eigenvalue weighted by atomic mass is 28.3. The fourth-order valence-electron chi connectivity index (χ4n) is 0.879. The lowest BCUT2D eigenvalue weighted by atomic mass is 10.2. The van der Waals surface area contributed by atoms with E-state index in [1.807, 2.05) is 11.7 Å². The summed E-state index contributed by atoms with van der Waals surface area (Å²) in [7, 11) is 0.388. The molecule has 0 saturated heterocycles. The number of carbonyl (C=O) groups excluding carboxylic acids is 1. The Morgan fingerprint density at radius 1 is 1.31 bits per heavy atom. The fourth-order valence-corrected chi connectivity index (χ4v) is 2.32. The van der Waals surface area contributed by atoms with Crippen molar-refractivity contribution >= 4 is 14.1 Å². The van der Waals surface area contributed by atoms with E-state index >= 15 is 0 Å². The van der Waals surface area contributed by atoms with Crippen LogP contribution in [0.3, 0.4) is 0 Å². The van der Waals surface area contributed by atoms with Crippen LogP contribution in [0.4, 0.5) is 0 Å². The molecule has 0 bridgehead atoms. The lowest BCUT2D eigenvalue weighted by Gasteiger charge is -2.43. The Bertz CT molecular complexity index is 196. The molecule has 78 valence electrons. The molecule has 0 unspecified atom stereocenters. The molecule has 0 aromatic rings. The Balaban J connectivity index is 4.54. The summed E-state index contributed by atoms with van der Waals surface area (Å²) >= 11 is 0. The highest BCUT2D eigenvalue weighted by molar-refractivity contribution is 6.77. The molecule has 0 aliphatic heterocycles. The number of nitrogens with zero attached hydrogens (tertiary/aromatic N) is 1. The highest BCUT2D eigenvalue weighted by Gasteiger charge is 2.39. The smallest absolute Gasteiger partial charge is 0.230 e. The summed E-state index contributed by atoms with van der Waals surface area (Å²) in [4.78, 5) is 10.9. The van der Waals surface area contributed by atoms with Crippen LogP contribution in [0.15, 0.2) is 0 Å². The Kier molecular flexibility index (Phi) is 3.69. The predicted octanol–water partition coefficient (Wildman–Crippen LogP) is 1.97. The largest absolute Gasteiger partial charge is 0.296 e. The van der Waals surface area contributed by atoms with Crippen LogP contribution in [0.1, 0.15) is 27.7 Å². The molecule has 0 saturated carbocycles. The Labute approximate surface area is 82.6 Å². The van der Waals surface area contributed by atoms with Crippen LogP contribution < -0.4 is 5.43 Å². The third-order valence-corrected chi connectivity index (χ3v) is 8.46. The van der Waals surface area contributed by atoms with E-state index in [0.29, 0.717) is 0 Å². The molecule has 0 spiro atoms. The van der Waals surface area contributed by atoms with Gasteiger partial charge in [-0.05, 0) is 12.1 Å². The summed E-state index contributed by atoms with van der Waals surface area (Å²) in [5, 5.41) is 0.254. The van der Waals surface area contributed by atoms with E-state index in [2.05, 4.69) is 39.3 Å². The summed E-state index contributed by atoms with van der Waals surface area (Å²) < 4.78 is 2.01. The highest BCUT2D eigenvalue weighted by Crippen LogP contribution is 2.36. The minimum atomic E-state index is -1.57. The maximum absolute atomic E-state index is 10.9. The third-order valence-electron chi connectivity index (χ3n) is 3.00.